The van der Waals surface area contributed by atoms with Crippen LogP contribution in [0.5, 0.6) is 0 Å². The van der Waals surface area contributed by atoms with Crippen LogP contribution in [0.2, 0.25) is 5.02 Å². The van der Waals surface area contributed by atoms with Crippen molar-refractivity contribution in [3.8, 4) is 0 Å². The summed E-state index contributed by atoms with van der Waals surface area (Å²) in [7, 11) is 0. The number of halogens is 2. The molecule has 0 unspecified atom stereocenters. The van der Waals surface area contributed by atoms with E-state index in [1.165, 1.54) is 18.2 Å². The molecule has 6 nitrogen and oxygen atoms in total. The van der Waals surface area contributed by atoms with Crippen LogP contribution in [-0.4, -0.2) is 10.8 Å². The molecular formula is C13H9ClFN3O3. The first-order valence-corrected chi connectivity index (χ1v) is 6.06. The van der Waals surface area contributed by atoms with Gasteiger partial charge < -0.3 is 11.1 Å². The minimum atomic E-state index is -0.910. The zero-order chi connectivity index (χ0) is 15.6. The maximum absolute atomic E-state index is 13.7. The second-order valence-corrected chi connectivity index (χ2v) is 4.59. The zero-order valence-electron chi connectivity index (χ0n) is 10.5. The molecule has 0 aliphatic carbocycles. The molecule has 0 spiro atoms. The van der Waals surface area contributed by atoms with E-state index >= 15 is 0 Å². The molecule has 0 atom stereocenters. The number of hydrogen-bond acceptors (Lipinski definition) is 4. The van der Waals surface area contributed by atoms with E-state index < -0.39 is 22.3 Å². The van der Waals surface area contributed by atoms with Crippen molar-refractivity contribution < 1.29 is 14.1 Å². The monoisotopic (exact) mass is 309 g/mol. The van der Waals surface area contributed by atoms with E-state index in [2.05, 4.69) is 5.32 Å². The molecule has 21 heavy (non-hydrogen) atoms. The largest absolute Gasteiger partial charge is 0.399 e. The fourth-order valence-electron chi connectivity index (χ4n) is 1.66. The Labute approximate surface area is 123 Å². The average molecular weight is 310 g/mol. The van der Waals surface area contributed by atoms with Gasteiger partial charge in [-0.1, -0.05) is 11.6 Å². The highest BCUT2D eigenvalue weighted by atomic mass is 35.5. The van der Waals surface area contributed by atoms with E-state index in [4.69, 9.17) is 17.3 Å². The normalized spacial score (nSPS) is 10.2. The Kier molecular flexibility index (Phi) is 4.04. The van der Waals surface area contributed by atoms with Crippen LogP contribution in [0.15, 0.2) is 36.4 Å². The lowest BCUT2D eigenvalue weighted by molar-refractivity contribution is -0.385. The quantitative estimate of drug-likeness (QED) is 0.516. The number of nitrogens with zero attached hydrogens (tertiary/aromatic N) is 1. The number of amides is 1. The molecular weight excluding hydrogens is 301 g/mol. The van der Waals surface area contributed by atoms with Gasteiger partial charge in [0, 0.05) is 22.3 Å². The van der Waals surface area contributed by atoms with E-state index in [0.29, 0.717) is 0 Å². The fraction of sp³-hybridized carbons (Fsp3) is 0. The summed E-state index contributed by atoms with van der Waals surface area (Å²) in [5.41, 5.74) is 5.42. The third kappa shape index (κ3) is 3.46. The summed E-state index contributed by atoms with van der Waals surface area (Å²) in [6.07, 6.45) is 0. The molecule has 0 aliphatic rings. The SMILES string of the molecule is Nc1cc(Cl)cc(C(=O)Nc2ccc([N+](=O)[O-])cc2F)c1. The number of rotatable bonds is 3. The summed E-state index contributed by atoms with van der Waals surface area (Å²) in [6.45, 7) is 0. The summed E-state index contributed by atoms with van der Waals surface area (Å²) in [5.74, 6) is -1.54. The maximum atomic E-state index is 13.7. The lowest BCUT2D eigenvalue weighted by Gasteiger charge is -2.07. The van der Waals surface area contributed by atoms with E-state index in [-0.39, 0.29) is 22.0 Å². The molecule has 0 saturated carbocycles. The first-order chi connectivity index (χ1) is 9.86. The van der Waals surface area contributed by atoms with Crippen molar-refractivity contribution in [1.82, 2.24) is 0 Å². The zero-order valence-corrected chi connectivity index (χ0v) is 11.2. The Morgan fingerprint density at radius 2 is 2.00 bits per heavy atom. The highest BCUT2D eigenvalue weighted by Gasteiger charge is 2.14. The lowest BCUT2D eigenvalue weighted by Crippen LogP contribution is -2.13. The van der Waals surface area contributed by atoms with Crippen LogP contribution in [0, 0.1) is 15.9 Å². The van der Waals surface area contributed by atoms with E-state index in [0.717, 1.165) is 18.2 Å². The fourth-order valence-corrected chi connectivity index (χ4v) is 1.90. The second-order valence-electron chi connectivity index (χ2n) is 4.15. The minimum Gasteiger partial charge on any atom is -0.399 e. The predicted octanol–water partition coefficient (Wildman–Crippen LogP) is 3.22. The molecule has 0 fully saturated rings. The van der Waals surface area contributed by atoms with Gasteiger partial charge in [0.1, 0.15) is 0 Å². The average Bonchev–Trinajstić information content (AvgIpc) is 2.39. The number of benzene rings is 2. The van der Waals surface area contributed by atoms with Crippen molar-refractivity contribution >= 4 is 34.6 Å². The Bertz CT molecular complexity index is 716. The number of carbonyl (C=O) groups excluding carboxylic acids is 1. The predicted molar refractivity (Wildman–Crippen MR) is 76.9 cm³/mol. The summed E-state index contributed by atoms with van der Waals surface area (Å²) < 4.78 is 13.7. The smallest absolute Gasteiger partial charge is 0.272 e. The van der Waals surface area contributed by atoms with Crippen molar-refractivity contribution in [2.45, 2.75) is 0 Å². The van der Waals surface area contributed by atoms with Gasteiger partial charge in [0.15, 0.2) is 5.82 Å². The first-order valence-electron chi connectivity index (χ1n) is 5.68. The highest BCUT2D eigenvalue weighted by molar-refractivity contribution is 6.31. The molecule has 0 aromatic heterocycles. The number of nitro benzene ring substituents is 1. The summed E-state index contributed by atoms with van der Waals surface area (Å²) in [4.78, 5) is 21.7. The summed E-state index contributed by atoms with van der Waals surface area (Å²) in [5, 5.41) is 13.1. The van der Waals surface area contributed by atoms with Crippen molar-refractivity contribution in [2.75, 3.05) is 11.1 Å². The van der Waals surface area contributed by atoms with Crippen LogP contribution < -0.4 is 11.1 Å². The molecule has 2 rings (SSSR count). The molecule has 1 amide bonds. The van der Waals surface area contributed by atoms with Gasteiger partial charge in [0.2, 0.25) is 0 Å². The minimum absolute atomic E-state index is 0.151. The molecule has 2 aromatic rings. The van der Waals surface area contributed by atoms with Gasteiger partial charge in [-0.05, 0) is 24.3 Å². The van der Waals surface area contributed by atoms with Crippen LogP contribution in [0.3, 0.4) is 0 Å². The molecule has 0 saturated heterocycles. The van der Waals surface area contributed by atoms with Gasteiger partial charge in [-0.3, -0.25) is 14.9 Å². The van der Waals surface area contributed by atoms with Crippen LogP contribution in [0.4, 0.5) is 21.5 Å². The van der Waals surface area contributed by atoms with Crippen molar-refractivity contribution in [3.05, 3.63) is 62.9 Å². The van der Waals surface area contributed by atoms with Crippen molar-refractivity contribution in [1.29, 1.82) is 0 Å². The number of nitro groups is 1. The Balaban J connectivity index is 2.25. The Hall–Kier alpha value is -2.67. The topological polar surface area (TPSA) is 98.3 Å². The van der Waals surface area contributed by atoms with E-state index in [9.17, 15) is 19.3 Å². The van der Waals surface area contributed by atoms with E-state index in [1.54, 1.807) is 0 Å². The number of non-ortho nitro benzene ring substituents is 1. The third-order valence-electron chi connectivity index (χ3n) is 2.59. The Morgan fingerprint density at radius 3 is 2.57 bits per heavy atom. The molecule has 0 aliphatic heterocycles. The van der Waals surface area contributed by atoms with Crippen LogP contribution >= 0.6 is 11.6 Å². The maximum Gasteiger partial charge on any atom is 0.272 e. The molecule has 2 aromatic carbocycles. The molecule has 0 radical (unpaired) electrons. The molecule has 0 bridgehead atoms. The standard InChI is InChI=1S/C13H9ClFN3O3/c14-8-3-7(4-9(16)5-8)13(19)17-12-2-1-10(18(20)21)6-11(12)15/h1-6H,16H2,(H,17,19). The number of nitrogens with two attached hydrogens (primary N) is 1. The molecule has 108 valence electrons. The third-order valence-corrected chi connectivity index (χ3v) is 2.81. The van der Waals surface area contributed by atoms with Gasteiger partial charge in [-0.15, -0.1) is 0 Å². The first kappa shape index (κ1) is 14.7. The molecule has 0 heterocycles. The summed E-state index contributed by atoms with van der Waals surface area (Å²) >= 11 is 5.78. The number of nitrogens with one attached hydrogen (secondary N) is 1. The number of nitrogen functional groups attached to an aromatic ring is 1. The van der Waals surface area contributed by atoms with Crippen LogP contribution in [0.1, 0.15) is 10.4 Å². The highest BCUT2D eigenvalue weighted by Crippen LogP contribution is 2.22. The molecule has 3 N–H and O–H groups in total. The Morgan fingerprint density at radius 1 is 1.29 bits per heavy atom. The van der Waals surface area contributed by atoms with Crippen molar-refractivity contribution in [3.63, 3.8) is 0 Å². The second kappa shape index (κ2) is 5.76. The number of hydrogen-bond donors (Lipinski definition) is 2. The number of anilines is 2. The van der Waals surface area contributed by atoms with Gasteiger partial charge >= 0.3 is 0 Å². The number of carbonyl (C=O) groups is 1. The van der Waals surface area contributed by atoms with Gasteiger partial charge in [-0.2, -0.15) is 0 Å². The van der Waals surface area contributed by atoms with Gasteiger partial charge in [-0.25, -0.2) is 4.39 Å². The van der Waals surface area contributed by atoms with E-state index in [1.807, 2.05) is 0 Å². The summed E-state index contributed by atoms with van der Waals surface area (Å²) in [6, 6.07) is 7.14. The van der Waals surface area contributed by atoms with Crippen molar-refractivity contribution in [2.24, 2.45) is 0 Å². The molecule has 8 heteroatoms. The van der Waals surface area contributed by atoms with Crippen LogP contribution in [-0.2, 0) is 0 Å². The van der Waals surface area contributed by atoms with Crippen LogP contribution in [0.25, 0.3) is 0 Å². The van der Waals surface area contributed by atoms with Gasteiger partial charge in [0.05, 0.1) is 16.7 Å². The van der Waals surface area contributed by atoms with Gasteiger partial charge in [0.25, 0.3) is 11.6 Å². The lowest BCUT2D eigenvalue weighted by atomic mass is 10.2.